The van der Waals surface area contributed by atoms with Gasteiger partial charge in [0.05, 0.1) is 12.0 Å². The van der Waals surface area contributed by atoms with Crippen LogP contribution in [-0.2, 0) is 4.74 Å². The van der Waals surface area contributed by atoms with Gasteiger partial charge < -0.3 is 9.72 Å². The first kappa shape index (κ1) is 11.8. The summed E-state index contributed by atoms with van der Waals surface area (Å²) in [5.74, 6) is -0.629. The summed E-state index contributed by atoms with van der Waals surface area (Å²) < 4.78 is 5.47. The molecule has 2 heterocycles. The van der Waals surface area contributed by atoms with Gasteiger partial charge in [0.25, 0.3) is 0 Å². The van der Waals surface area contributed by atoms with Crippen LogP contribution in [0.1, 0.15) is 17.3 Å². The molecule has 1 N–H and O–H groups in total. The largest absolute Gasteiger partial charge is 0.462 e. The highest BCUT2D eigenvalue weighted by molar-refractivity contribution is 9.10. The fourth-order valence-corrected chi connectivity index (χ4v) is 1.77. The molecule has 0 amide bonds. The van der Waals surface area contributed by atoms with Crippen LogP contribution in [0.15, 0.2) is 27.7 Å². The lowest BCUT2D eigenvalue weighted by molar-refractivity contribution is 0.0524. The van der Waals surface area contributed by atoms with Crippen LogP contribution in [0.5, 0.6) is 0 Å². The number of ether oxygens (including phenoxy) is 1. The van der Waals surface area contributed by atoms with E-state index in [1.807, 2.05) is 0 Å². The number of rotatable bonds is 2. The third-order valence-electron chi connectivity index (χ3n) is 2.19. The Balaban J connectivity index is 2.65. The van der Waals surface area contributed by atoms with Crippen molar-refractivity contribution in [1.82, 2.24) is 9.97 Å². The molecule has 0 bridgehead atoms. The Kier molecular flexibility index (Phi) is 3.23. The number of carbonyl (C=O) groups is 1. The number of aromatic nitrogens is 2. The fourth-order valence-electron chi connectivity index (χ4n) is 1.44. The van der Waals surface area contributed by atoms with Crippen molar-refractivity contribution in [2.24, 2.45) is 0 Å². The van der Waals surface area contributed by atoms with Crippen LogP contribution in [0, 0.1) is 0 Å². The van der Waals surface area contributed by atoms with Gasteiger partial charge in [-0.25, -0.2) is 9.78 Å². The molecule has 0 fully saturated rings. The maximum absolute atomic E-state index is 12.0. The van der Waals surface area contributed by atoms with Crippen molar-refractivity contribution < 1.29 is 9.53 Å². The minimum absolute atomic E-state index is 0.0146. The molecule has 2 aromatic rings. The zero-order chi connectivity index (χ0) is 12.4. The molecule has 0 saturated heterocycles. The molecule has 0 saturated carbocycles. The molecule has 0 spiro atoms. The van der Waals surface area contributed by atoms with Gasteiger partial charge in [0.1, 0.15) is 11.2 Å². The fraction of sp³-hybridized carbons (Fsp3) is 0.182. The minimum atomic E-state index is -0.629. The van der Waals surface area contributed by atoms with E-state index in [1.54, 1.807) is 19.2 Å². The number of H-pyrrole nitrogens is 1. The number of nitrogens with one attached hydrogen (secondary N) is 1. The lowest BCUT2D eigenvalue weighted by atomic mass is 10.2. The Morgan fingerprint density at radius 2 is 2.35 bits per heavy atom. The molecule has 0 atom stereocenters. The van der Waals surface area contributed by atoms with E-state index < -0.39 is 5.97 Å². The average molecular weight is 297 g/mol. The number of hydrogen-bond donors (Lipinski definition) is 1. The maximum Gasteiger partial charge on any atom is 0.343 e. The van der Waals surface area contributed by atoms with Gasteiger partial charge in [-0.2, -0.15) is 0 Å². The summed E-state index contributed by atoms with van der Waals surface area (Å²) in [6.07, 6.45) is 2.89. The normalized spacial score (nSPS) is 10.5. The number of fused-ring (bicyclic) bond motifs is 1. The molecule has 0 aliphatic carbocycles. The highest BCUT2D eigenvalue weighted by atomic mass is 79.9. The summed E-state index contributed by atoms with van der Waals surface area (Å²) in [5, 5.41) is 0.352. The van der Waals surface area contributed by atoms with Crippen molar-refractivity contribution in [3.05, 3.63) is 38.7 Å². The number of esters is 1. The number of nitrogens with zero attached hydrogens (tertiary/aromatic N) is 1. The summed E-state index contributed by atoms with van der Waals surface area (Å²) in [6, 6.07) is 1.61. The van der Waals surface area contributed by atoms with Gasteiger partial charge in [0.15, 0.2) is 0 Å². The van der Waals surface area contributed by atoms with Gasteiger partial charge in [-0.05, 0) is 28.9 Å². The Hall–Kier alpha value is -1.69. The van der Waals surface area contributed by atoms with Gasteiger partial charge in [0.2, 0.25) is 5.43 Å². The zero-order valence-electron chi connectivity index (χ0n) is 8.99. The monoisotopic (exact) mass is 296 g/mol. The Morgan fingerprint density at radius 1 is 1.59 bits per heavy atom. The van der Waals surface area contributed by atoms with E-state index >= 15 is 0 Å². The molecule has 5 nitrogen and oxygen atoms in total. The van der Waals surface area contributed by atoms with Crippen LogP contribution in [0.2, 0.25) is 0 Å². The van der Waals surface area contributed by atoms with E-state index in [2.05, 4.69) is 25.9 Å². The van der Waals surface area contributed by atoms with E-state index in [0.29, 0.717) is 15.5 Å². The van der Waals surface area contributed by atoms with Crippen molar-refractivity contribution in [3.63, 3.8) is 0 Å². The third-order valence-corrected chi connectivity index (χ3v) is 2.63. The SMILES string of the molecule is CCOC(=O)c1c[nH]c2ncc(Br)cc2c1=O. The Labute approximate surface area is 105 Å². The maximum atomic E-state index is 12.0. The van der Waals surface area contributed by atoms with Crippen LogP contribution < -0.4 is 5.43 Å². The van der Waals surface area contributed by atoms with Crippen LogP contribution in [0.4, 0.5) is 0 Å². The molecule has 0 aliphatic rings. The molecule has 0 aromatic carbocycles. The molecular weight excluding hydrogens is 288 g/mol. The van der Waals surface area contributed by atoms with Gasteiger partial charge in [0, 0.05) is 16.9 Å². The standard InChI is InChI=1S/C11H9BrN2O3/c1-2-17-11(16)8-5-14-10-7(9(8)15)3-6(12)4-13-10/h3-5H,2H2,1H3,(H,13,14,15). The summed E-state index contributed by atoms with van der Waals surface area (Å²) >= 11 is 3.23. The second-order valence-electron chi connectivity index (χ2n) is 3.30. The third kappa shape index (κ3) is 2.21. The second-order valence-corrected chi connectivity index (χ2v) is 4.22. The van der Waals surface area contributed by atoms with Crippen molar-refractivity contribution in [2.45, 2.75) is 6.92 Å². The minimum Gasteiger partial charge on any atom is -0.462 e. The first-order chi connectivity index (χ1) is 8.13. The number of aromatic amines is 1. The van der Waals surface area contributed by atoms with Crippen molar-refractivity contribution >= 4 is 32.9 Å². The summed E-state index contributed by atoms with van der Waals surface area (Å²) in [5.41, 5.74) is 0.0384. The molecule has 2 aromatic heterocycles. The predicted octanol–water partition coefficient (Wildman–Crippen LogP) is 1.86. The lowest BCUT2D eigenvalue weighted by Crippen LogP contribution is -2.18. The molecule has 0 unspecified atom stereocenters. The summed E-state index contributed by atoms with van der Waals surface area (Å²) in [6.45, 7) is 1.92. The quantitative estimate of drug-likeness (QED) is 0.859. The van der Waals surface area contributed by atoms with Crippen molar-refractivity contribution in [1.29, 1.82) is 0 Å². The molecule has 88 valence electrons. The van der Waals surface area contributed by atoms with Gasteiger partial charge in [-0.15, -0.1) is 0 Å². The van der Waals surface area contributed by atoms with E-state index in [4.69, 9.17) is 4.74 Å². The van der Waals surface area contributed by atoms with Crippen LogP contribution in [-0.4, -0.2) is 22.5 Å². The van der Waals surface area contributed by atoms with Gasteiger partial charge >= 0.3 is 5.97 Å². The van der Waals surface area contributed by atoms with E-state index in [9.17, 15) is 9.59 Å². The number of pyridine rings is 2. The zero-order valence-corrected chi connectivity index (χ0v) is 10.6. The summed E-state index contributed by atoms with van der Waals surface area (Å²) in [4.78, 5) is 30.4. The Morgan fingerprint density at radius 3 is 3.06 bits per heavy atom. The van der Waals surface area contributed by atoms with Gasteiger partial charge in [-0.1, -0.05) is 0 Å². The number of carbonyl (C=O) groups excluding carboxylic acids is 1. The van der Waals surface area contributed by atoms with E-state index in [0.717, 1.165) is 0 Å². The average Bonchev–Trinajstić information content (AvgIpc) is 2.30. The highest BCUT2D eigenvalue weighted by Gasteiger charge is 2.14. The van der Waals surface area contributed by atoms with E-state index in [1.165, 1.54) is 6.20 Å². The topological polar surface area (TPSA) is 72.1 Å². The summed E-state index contributed by atoms with van der Waals surface area (Å²) in [7, 11) is 0. The molecule has 6 heteroatoms. The predicted molar refractivity (Wildman–Crippen MR) is 66.0 cm³/mol. The highest BCUT2D eigenvalue weighted by Crippen LogP contribution is 2.13. The molecular formula is C11H9BrN2O3. The second kappa shape index (κ2) is 4.67. The van der Waals surface area contributed by atoms with E-state index in [-0.39, 0.29) is 17.6 Å². The molecule has 0 aliphatic heterocycles. The van der Waals surface area contributed by atoms with Crippen LogP contribution >= 0.6 is 15.9 Å². The smallest absolute Gasteiger partial charge is 0.343 e. The molecule has 17 heavy (non-hydrogen) atoms. The van der Waals surface area contributed by atoms with Crippen molar-refractivity contribution in [2.75, 3.05) is 6.61 Å². The van der Waals surface area contributed by atoms with Crippen molar-refractivity contribution in [3.8, 4) is 0 Å². The molecule has 0 radical (unpaired) electrons. The molecule has 2 rings (SSSR count). The number of hydrogen-bond acceptors (Lipinski definition) is 4. The van der Waals surface area contributed by atoms with Crippen LogP contribution in [0.3, 0.4) is 0 Å². The lowest BCUT2D eigenvalue weighted by Gasteiger charge is -2.02. The first-order valence-corrected chi connectivity index (χ1v) is 5.77. The van der Waals surface area contributed by atoms with Gasteiger partial charge in [-0.3, -0.25) is 4.79 Å². The Bertz CT molecular complexity index is 636. The van der Waals surface area contributed by atoms with Crippen LogP contribution in [0.25, 0.3) is 11.0 Å². The number of halogens is 1. The first-order valence-electron chi connectivity index (χ1n) is 4.97.